The average molecular weight is 757 g/mol. The van der Waals surface area contributed by atoms with E-state index in [0.29, 0.717) is 0 Å². The third-order valence-corrected chi connectivity index (χ3v) is 12.5. The molecule has 0 fully saturated rings. The van der Waals surface area contributed by atoms with E-state index in [1.165, 1.54) is 77.1 Å². The molecule has 1 aliphatic carbocycles. The number of nitrogens with zero attached hydrogens (tertiary/aromatic N) is 2. The standard InChI is InChI=1S/C57H44N2/c1-56(2,3)59-54-30-18-16-28-49(54)50-34-32-44(38-55(50)59)58(45-35-40-21-13-14-26-46(40)51(36-45)39-19-7-4-8-20-39)43-31-33-48-47-27-15-17-29-52(47)57(53(48)37-43,41-22-9-5-10-23-41)42-24-11-6-12-25-42/h4-38H,1-3H3. The number of fused-ring (bicyclic) bond motifs is 7. The van der Waals surface area contributed by atoms with Crippen molar-refractivity contribution in [3.8, 4) is 22.3 Å². The summed E-state index contributed by atoms with van der Waals surface area (Å²) in [5.74, 6) is 0. The molecule has 0 saturated heterocycles. The maximum absolute atomic E-state index is 2.52. The van der Waals surface area contributed by atoms with Crippen LogP contribution in [0.25, 0.3) is 54.8 Å². The summed E-state index contributed by atoms with van der Waals surface area (Å²) < 4.78 is 2.52. The molecular formula is C57H44N2. The van der Waals surface area contributed by atoms with Crippen LogP contribution in [-0.2, 0) is 11.0 Å². The van der Waals surface area contributed by atoms with Gasteiger partial charge in [0, 0.05) is 38.9 Å². The van der Waals surface area contributed by atoms with Gasteiger partial charge in [-0.05, 0) is 119 Å². The smallest absolute Gasteiger partial charge is 0.0714 e. The van der Waals surface area contributed by atoms with Crippen LogP contribution in [0.2, 0.25) is 0 Å². The first-order valence-electron chi connectivity index (χ1n) is 20.7. The Labute approximate surface area is 346 Å². The van der Waals surface area contributed by atoms with E-state index in [2.05, 4.69) is 243 Å². The van der Waals surface area contributed by atoms with Crippen LogP contribution < -0.4 is 4.90 Å². The third-order valence-electron chi connectivity index (χ3n) is 12.5. The lowest BCUT2D eigenvalue weighted by Crippen LogP contribution is -2.28. The first-order valence-corrected chi connectivity index (χ1v) is 20.7. The predicted octanol–water partition coefficient (Wildman–Crippen LogP) is 15.2. The molecule has 2 heteroatoms. The number of anilines is 3. The lowest BCUT2D eigenvalue weighted by Gasteiger charge is -2.35. The molecule has 0 saturated carbocycles. The molecule has 1 aliphatic rings. The molecule has 0 aliphatic heterocycles. The van der Waals surface area contributed by atoms with Crippen LogP contribution in [-0.4, -0.2) is 4.57 Å². The summed E-state index contributed by atoms with van der Waals surface area (Å²) >= 11 is 0. The van der Waals surface area contributed by atoms with Gasteiger partial charge in [-0.2, -0.15) is 0 Å². The predicted molar refractivity (Wildman–Crippen MR) is 249 cm³/mol. The molecule has 0 radical (unpaired) electrons. The fourth-order valence-electron chi connectivity index (χ4n) is 10.1. The second kappa shape index (κ2) is 13.5. The molecule has 59 heavy (non-hydrogen) atoms. The van der Waals surface area contributed by atoms with Gasteiger partial charge in [0.1, 0.15) is 0 Å². The molecule has 0 amide bonds. The van der Waals surface area contributed by atoms with Gasteiger partial charge in [0.2, 0.25) is 0 Å². The Morgan fingerprint density at radius 1 is 0.390 bits per heavy atom. The summed E-state index contributed by atoms with van der Waals surface area (Å²) in [4.78, 5) is 2.49. The van der Waals surface area contributed by atoms with Gasteiger partial charge in [-0.1, -0.05) is 170 Å². The molecule has 0 spiro atoms. The maximum atomic E-state index is 2.52. The molecule has 0 N–H and O–H groups in total. The molecule has 0 bridgehead atoms. The van der Waals surface area contributed by atoms with Crippen LogP contribution in [0.15, 0.2) is 212 Å². The van der Waals surface area contributed by atoms with Gasteiger partial charge in [0.25, 0.3) is 0 Å². The van der Waals surface area contributed by atoms with E-state index in [1.807, 2.05) is 0 Å². The highest BCUT2D eigenvalue weighted by Crippen LogP contribution is 2.57. The van der Waals surface area contributed by atoms with Gasteiger partial charge in [0.05, 0.1) is 10.9 Å². The number of para-hydroxylation sites is 1. The Hall–Kier alpha value is -7.16. The topological polar surface area (TPSA) is 8.17 Å². The molecule has 2 nitrogen and oxygen atoms in total. The lowest BCUT2D eigenvalue weighted by molar-refractivity contribution is 0.423. The van der Waals surface area contributed by atoms with Crippen LogP contribution >= 0.6 is 0 Å². The maximum Gasteiger partial charge on any atom is 0.0714 e. The van der Waals surface area contributed by atoms with Crippen molar-refractivity contribution in [2.45, 2.75) is 31.7 Å². The lowest BCUT2D eigenvalue weighted by atomic mass is 9.67. The molecule has 0 atom stereocenters. The third kappa shape index (κ3) is 5.40. The fourth-order valence-corrected chi connectivity index (χ4v) is 10.1. The summed E-state index contributed by atoms with van der Waals surface area (Å²) in [6, 6.07) is 78.7. The Balaban J connectivity index is 1.23. The van der Waals surface area contributed by atoms with E-state index in [9.17, 15) is 0 Å². The van der Waals surface area contributed by atoms with Crippen molar-refractivity contribution in [3.63, 3.8) is 0 Å². The zero-order chi connectivity index (χ0) is 39.7. The summed E-state index contributed by atoms with van der Waals surface area (Å²) in [7, 11) is 0. The van der Waals surface area contributed by atoms with E-state index in [1.54, 1.807) is 0 Å². The Morgan fingerprint density at radius 3 is 1.68 bits per heavy atom. The summed E-state index contributed by atoms with van der Waals surface area (Å²) in [5.41, 5.74) is 15.2. The van der Waals surface area contributed by atoms with Crippen molar-refractivity contribution >= 4 is 49.6 Å². The largest absolute Gasteiger partial charge is 0.335 e. The van der Waals surface area contributed by atoms with Crippen molar-refractivity contribution in [3.05, 3.63) is 235 Å². The Morgan fingerprint density at radius 2 is 0.949 bits per heavy atom. The second-order valence-corrected chi connectivity index (χ2v) is 16.9. The number of benzene rings is 9. The summed E-state index contributed by atoms with van der Waals surface area (Å²) in [5, 5.41) is 4.98. The molecule has 0 unspecified atom stereocenters. The van der Waals surface area contributed by atoms with E-state index < -0.39 is 5.41 Å². The van der Waals surface area contributed by atoms with Gasteiger partial charge in [0.15, 0.2) is 0 Å². The Bertz CT molecular complexity index is 3150. The van der Waals surface area contributed by atoms with Crippen molar-refractivity contribution in [1.29, 1.82) is 0 Å². The van der Waals surface area contributed by atoms with Crippen molar-refractivity contribution in [2.24, 2.45) is 0 Å². The van der Waals surface area contributed by atoms with Crippen molar-refractivity contribution in [1.82, 2.24) is 4.57 Å². The van der Waals surface area contributed by atoms with Gasteiger partial charge in [-0.3, -0.25) is 0 Å². The van der Waals surface area contributed by atoms with E-state index in [0.717, 1.165) is 17.1 Å². The zero-order valence-electron chi connectivity index (χ0n) is 33.6. The highest BCUT2D eigenvalue weighted by atomic mass is 15.1. The monoisotopic (exact) mass is 756 g/mol. The molecule has 10 aromatic rings. The van der Waals surface area contributed by atoms with E-state index in [-0.39, 0.29) is 5.54 Å². The first kappa shape index (κ1) is 35.0. The van der Waals surface area contributed by atoms with Crippen molar-refractivity contribution in [2.75, 3.05) is 4.90 Å². The SMILES string of the molecule is CC(C)(C)n1c2ccccc2c2ccc(N(c3ccc4c(c3)C(c3ccccc3)(c3ccccc3)c3ccccc3-4)c3cc(-c4ccccc4)c4ccccc4c3)cc21. The van der Waals surface area contributed by atoms with Gasteiger partial charge in [-0.25, -0.2) is 0 Å². The number of rotatable bonds is 6. The summed E-state index contributed by atoms with van der Waals surface area (Å²) in [6.07, 6.45) is 0. The van der Waals surface area contributed by atoms with Gasteiger partial charge < -0.3 is 9.47 Å². The van der Waals surface area contributed by atoms with Crippen LogP contribution in [0.1, 0.15) is 43.0 Å². The molecule has 1 heterocycles. The normalized spacial score (nSPS) is 13.1. The first-order chi connectivity index (χ1) is 28.9. The highest BCUT2D eigenvalue weighted by molar-refractivity contribution is 6.10. The molecular weight excluding hydrogens is 713 g/mol. The van der Waals surface area contributed by atoms with Gasteiger partial charge in [-0.15, -0.1) is 0 Å². The minimum atomic E-state index is -0.517. The minimum absolute atomic E-state index is 0.140. The number of hydrogen-bond donors (Lipinski definition) is 0. The molecule has 11 rings (SSSR count). The van der Waals surface area contributed by atoms with Crippen LogP contribution in [0.5, 0.6) is 0 Å². The molecule has 282 valence electrons. The average Bonchev–Trinajstić information content (AvgIpc) is 3.78. The molecule has 9 aromatic carbocycles. The second-order valence-electron chi connectivity index (χ2n) is 16.9. The van der Waals surface area contributed by atoms with Crippen LogP contribution in [0, 0.1) is 0 Å². The highest BCUT2D eigenvalue weighted by Gasteiger charge is 2.46. The zero-order valence-corrected chi connectivity index (χ0v) is 33.6. The molecule has 1 aromatic heterocycles. The number of aromatic nitrogens is 1. The summed E-state index contributed by atoms with van der Waals surface area (Å²) in [6.45, 7) is 6.93. The fraction of sp³-hybridized carbons (Fsp3) is 0.0877. The van der Waals surface area contributed by atoms with Gasteiger partial charge >= 0.3 is 0 Å². The van der Waals surface area contributed by atoms with Crippen LogP contribution in [0.3, 0.4) is 0 Å². The van der Waals surface area contributed by atoms with E-state index >= 15 is 0 Å². The Kier molecular flexibility index (Phi) is 8.00. The number of hydrogen-bond acceptors (Lipinski definition) is 1. The van der Waals surface area contributed by atoms with Crippen molar-refractivity contribution < 1.29 is 0 Å². The quantitative estimate of drug-likeness (QED) is 0.164. The van der Waals surface area contributed by atoms with E-state index in [4.69, 9.17) is 0 Å². The minimum Gasteiger partial charge on any atom is -0.335 e. The van der Waals surface area contributed by atoms with Crippen LogP contribution in [0.4, 0.5) is 17.1 Å².